The molecule has 0 spiro atoms. The van der Waals surface area contributed by atoms with Crippen LogP contribution in [0.1, 0.15) is 30.7 Å². The van der Waals surface area contributed by atoms with Crippen molar-refractivity contribution in [2.24, 2.45) is 5.92 Å². The normalized spacial score (nSPS) is 17.2. The van der Waals surface area contributed by atoms with Gasteiger partial charge in [0.05, 0.1) is 12.8 Å². The van der Waals surface area contributed by atoms with Crippen LogP contribution >= 0.6 is 0 Å². The first-order valence-electron chi connectivity index (χ1n) is 8.94. The molecule has 0 saturated carbocycles. The van der Waals surface area contributed by atoms with Crippen LogP contribution in [0.5, 0.6) is 5.88 Å². The molecule has 26 heavy (non-hydrogen) atoms. The summed E-state index contributed by atoms with van der Waals surface area (Å²) in [5.41, 5.74) is 0.961. The standard InChI is InChI=1S/C18H25N5O3/c1-19-18-15(20-7-8-21-18)10-13-4-3-9-23(12-13)17(24)6-5-14-11-16(25-2)22-26-14/h7-8,11,13H,3-6,9-10,12H2,1-2H3,(H,19,21)/t13-/m0/s1. The van der Waals surface area contributed by atoms with Gasteiger partial charge in [-0.3, -0.25) is 9.78 Å². The number of piperidine rings is 1. The average molecular weight is 359 g/mol. The fraction of sp³-hybridized carbons (Fsp3) is 0.556. The van der Waals surface area contributed by atoms with Crippen molar-refractivity contribution < 1.29 is 14.1 Å². The summed E-state index contributed by atoms with van der Waals surface area (Å²) in [5.74, 6) is 2.48. The molecule has 2 aromatic heterocycles. The molecule has 8 heteroatoms. The molecule has 0 aromatic carbocycles. The lowest BCUT2D eigenvalue weighted by atomic mass is 9.93. The zero-order valence-corrected chi connectivity index (χ0v) is 15.3. The Labute approximate surface area is 152 Å². The Bertz CT molecular complexity index is 733. The highest BCUT2D eigenvalue weighted by molar-refractivity contribution is 5.76. The maximum Gasteiger partial charge on any atom is 0.254 e. The maximum absolute atomic E-state index is 12.6. The van der Waals surface area contributed by atoms with Crippen LogP contribution < -0.4 is 10.1 Å². The molecule has 1 atom stereocenters. The molecule has 8 nitrogen and oxygen atoms in total. The van der Waals surface area contributed by atoms with Crippen LogP contribution in [-0.4, -0.2) is 53.2 Å². The third kappa shape index (κ3) is 4.50. The number of aromatic nitrogens is 3. The number of carbonyl (C=O) groups is 1. The highest BCUT2D eigenvalue weighted by atomic mass is 16.5. The van der Waals surface area contributed by atoms with Crippen molar-refractivity contribution in [3.05, 3.63) is 29.9 Å². The van der Waals surface area contributed by atoms with Gasteiger partial charge in [-0.25, -0.2) is 4.98 Å². The van der Waals surface area contributed by atoms with E-state index in [2.05, 4.69) is 20.4 Å². The number of rotatable bonds is 7. The van der Waals surface area contributed by atoms with Gasteiger partial charge in [0, 0.05) is 51.4 Å². The summed E-state index contributed by atoms with van der Waals surface area (Å²) >= 11 is 0. The van der Waals surface area contributed by atoms with Crippen molar-refractivity contribution in [1.29, 1.82) is 0 Å². The number of anilines is 1. The Morgan fingerprint density at radius 3 is 3.04 bits per heavy atom. The molecule has 0 bridgehead atoms. The fourth-order valence-electron chi connectivity index (χ4n) is 3.35. The van der Waals surface area contributed by atoms with Crippen LogP contribution in [0.15, 0.2) is 23.0 Å². The number of hydrogen-bond acceptors (Lipinski definition) is 7. The minimum Gasteiger partial charge on any atom is -0.479 e. The van der Waals surface area contributed by atoms with Crippen LogP contribution in [0, 0.1) is 5.92 Å². The molecule has 1 aliphatic rings. The highest BCUT2D eigenvalue weighted by Gasteiger charge is 2.25. The number of carbonyl (C=O) groups excluding carboxylic acids is 1. The number of nitrogens with one attached hydrogen (secondary N) is 1. The second-order valence-corrected chi connectivity index (χ2v) is 6.49. The molecule has 1 amide bonds. The molecule has 140 valence electrons. The molecule has 1 fully saturated rings. The maximum atomic E-state index is 12.6. The number of hydrogen-bond donors (Lipinski definition) is 1. The smallest absolute Gasteiger partial charge is 0.254 e. The lowest BCUT2D eigenvalue weighted by Crippen LogP contribution is -2.40. The number of aryl methyl sites for hydroxylation is 1. The van der Waals surface area contributed by atoms with Crippen LogP contribution in [0.3, 0.4) is 0 Å². The summed E-state index contributed by atoms with van der Waals surface area (Å²) in [4.78, 5) is 23.3. The molecule has 3 heterocycles. The first-order chi connectivity index (χ1) is 12.7. The average Bonchev–Trinajstić information content (AvgIpc) is 3.15. The third-order valence-electron chi connectivity index (χ3n) is 4.70. The number of ether oxygens (including phenoxy) is 1. The summed E-state index contributed by atoms with van der Waals surface area (Å²) in [6, 6.07) is 1.72. The monoisotopic (exact) mass is 359 g/mol. The van der Waals surface area contributed by atoms with Gasteiger partial charge in [0.15, 0.2) is 0 Å². The van der Waals surface area contributed by atoms with Gasteiger partial charge >= 0.3 is 0 Å². The van der Waals surface area contributed by atoms with Crippen molar-refractivity contribution in [3.8, 4) is 5.88 Å². The van der Waals surface area contributed by atoms with Gasteiger partial charge in [-0.15, -0.1) is 0 Å². The van der Waals surface area contributed by atoms with Crippen molar-refractivity contribution >= 4 is 11.7 Å². The van der Waals surface area contributed by atoms with Crippen LogP contribution in [0.2, 0.25) is 0 Å². The van der Waals surface area contributed by atoms with Gasteiger partial charge in [-0.2, -0.15) is 0 Å². The van der Waals surface area contributed by atoms with Gasteiger partial charge in [-0.05, 0) is 30.3 Å². The van der Waals surface area contributed by atoms with Gasteiger partial charge in [-0.1, -0.05) is 0 Å². The Hall–Kier alpha value is -2.64. The van der Waals surface area contributed by atoms with Crippen molar-refractivity contribution in [2.45, 2.75) is 32.1 Å². The molecule has 2 aromatic rings. The summed E-state index contributed by atoms with van der Waals surface area (Å²) in [7, 11) is 3.39. The Balaban J connectivity index is 1.53. The minimum atomic E-state index is 0.151. The van der Waals surface area contributed by atoms with E-state index in [0.29, 0.717) is 30.4 Å². The van der Waals surface area contributed by atoms with E-state index in [1.54, 1.807) is 18.5 Å². The van der Waals surface area contributed by atoms with Crippen LogP contribution in [-0.2, 0) is 17.6 Å². The SMILES string of the molecule is CNc1nccnc1C[C@@H]1CCCN(C(=O)CCc2cc(OC)no2)C1. The van der Waals surface area contributed by atoms with E-state index in [4.69, 9.17) is 9.26 Å². The van der Waals surface area contributed by atoms with E-state index in [1.165, 1.54) is 7.11 Å². The van der Waals surface area contributed by atoms with Crippen molar-refractivity contribution in [1.82, 2.24) is 20.0 Å². The van der Waals surface area contributed by atoms with Crippen molar-refractivity contribution in [3.63, 3.8) is 0 Å². The molecule has 1 saturated heterocycles. The van der Waals surface area contributed by atoms with Gasteiger partial charge in [0.2, 0.25) is 5.91 Å². The largest absolute Gasteiger partial charge is 0.479 e. The van der Waals surface area contributed by atoms with E-state index < -0.39 is 0 Å². The molecule has 0 aliphatic carbocycles. The molecular weight excluding hydrogens is 334 g/mol. The fourth-order valence-corrected chi connectivity index (χ4v) is 3.35. The highest BCUT2D eigenvalue weighted by Crippen LogP contribution is 2.23. The molecule has 0 radical (unpaired) electrons. The Kier molecular flexibility index (Phi) is 6.04. The molecule has 1 N–H and O–H groups in total. The molecule has 0 unspecified atom stereocenters. The van der Waals surface area contributed by atoms with Crippen molar-refractivity contribution in [2.75, 3.05) is 32.6 Å². The predicted molar refractivity (Wildman–Crippen MR) is 96.0 cm³/mol. The van der Waals surface area contributed by atoms with Gasteiger partial charge < -0.3 is 19.5 Å². The first kappa shape index (κ1) is 18.2. The van der Waals surface area contributed by atoms with Gasteiger partial charge in [0.25, 0.3) is 5.88 Å². The number of likely N-dealkylation sites (tertiary alicyclic amines) is 1. The van der Waals surface area contributed by atoms with E-state index in [0.717, 1.165) is 43.9 Å². The summed E-state index contributed by atoms with van der Waals surface area (Å²) in [6.45, 7) is 1.58. The van der Waals surface area contributed by atoms with Crippen LogP contribution in [0.25, 0.3) is 0 Å². The number of amides is 1. The molecular formula is C18H25N5O3. The minimum absolute atomic E-state index is 0.151. The van der Waals surface area contributed by atoms with Crippen LogP contribution in [0.4, 0.5) is 5.82 Å². The number of nitrogens with zero attached hydrogens (tertiary/aromatic N) is 4. The molecule has 3 rings (SSSR count). The predicted octanol–water partition coefficient (Wildman–Crippen LogP) is 1.93. The zero-order chi connectivity index (χ0) is 18.4. The third-order valence-corrected chi connectivity index (χ3v) is 4.70. The molecule has 1 aliphatic heterocycles. The first-order valence-corrected chi connectivity index (χ1v) is 8.94. The summed E-state index contributed by atoms with van der Waals surface area (Å²) in [6.07, 6.45) is 7.29. The Morgan fingerprint density at radius 1 is 1.42 bits per heavy atom. The zero-order valence-electron chi connectivity index (χ0n) is 15.3. The lowest BCUT2D eigenvalue weighted by molar-refractivity contribution is -0.133. The number of methoxy groups -OCH3 is 1. The van der Waals surface area contributed by atoms with E-state index in [1.807, 2.05) is 11.9 Å². The summed E-state index contributed by atoms with van der Waals surface area (Å²) < 4.78 is 10.1. The summed E-state index contributed by atoms with van der Waals surface area (Å²) in [5, 5.41) is 6.84. The Morgan fingerprint density at radius 2 is 2.27 bits per heavy atom. The van der Waals surface area contributed by atoms with Gasteiger partial charge in [0.1, 0.15) is 11.6 Å². The van der Waals surface area contributed by atoms with E-state index in [-0.39, 0.29) is 5.91 Å². The second-order valence-electron chi connectivity index (χ2n) is 6.49. The lowest BCUT2D eigenvalue weighted by Gasteiger charge is -2.33. The topological polar surface area (TPSA) is 93.4 Å². The second kappa shape index (κ2) is 8.64. The van der Waals surface area contributed by atoms with E-state index >= 15 is 0 Å². The van der Waals surface area contributed by atoms with E-state index in [9.17, 15) is 4.79 Å². The quantitative estimate of drug-likeness (QED) is 0.807.